The minimum atomic E-state index is -0.705. The van der Waals surface area contributed by atoms with Crippen LogP contribution in [0.5, 0.6) is 0 Å². The number of benzene rings is 1. The number of amides is 3. The molecular formula is C13H12N6O4. The Morgan fingerprint density at radius 2 is 2.13 bits per heavy atom. The summed E-state index contributed by atoms with van der Waals surface area (Å²) < 4.78 is 6.31. The molecule has 10 heteroatoms. The molecule has 0 radical (unpaired) electrons. The first-order valence-electron chi connectivity index (χ1n) is 6.74. The van der Waals surface area contributed by atoms with Gasteiger partial charge in [0.15, 0.2) is 6.61 Å². The highest BCUT2D eigenvalue weighted by Crippen LogP contribution is 2.14. The fraction of sp³-hybridized carbons (Fsp3) is 0.231. The summed E-state index contributed by atoms with van der Waals surface area (Å²) in [4.78, 5) is 36.4. The fourth-order valence-electron chi connectivity index (χ4n) is 2.11. The number of ether oxygens (including phenoxy) is 1. The van der Waals surface area contributed by atoms with Gasteiger partial charge in [0.25, 0.3) is 5.91 Å². The van der Waals surface area contributed by atoms with Crippen molar-refractivity contribution in [3.63, 3.8) is 0 Å². The normalized spacial score (nSPS) is 13.7. The molecule has 0 bridgehead atoms. The summed E-state index contributed by atoms with van der Waals surface area (Å²) in [5.41, 5.74) is 0.632. The Kier molecular flexibility index (Phi) is 3.95. The number of nitrogens with one attached hydrogen (secondary N) is 1. The first-order valence-corrected chi connectivity index (χ1v) is 6.74. The zero-order valence-electron chi connectivity index (χ0n) is 11.9. The molecule has 118 valence electrons. The van der Waals surface area contributed by atoms with Crippen LogP contribution in [0.4, 0.5) is 4.79 Å². The summed E-state index contributed by atoms with van der Waals surface area (Å²) in [6.45, 7) is 0.132. The molecule has 2 heterocycles. The van der Waals surface area contributed by atoms with E-state index in [-0.39, 0.29) is 12.1 Å². The fourth-order valence-corrected chi connectivity index (χ4v) is 2.11. The standard InChI is InChI=1S/C13H12N6O4/c20-11(18-6-5-14-13(18)22)7-23-12(21)9-3-1-2-4-10(9)19-8-15-16-17-19/h1-4,8H,5-7H2,(H,14,22). The third kappa shape index (κ3) is 3.00. The second-order valence-corrected chi connectivity index (χ2v) is 4.62. The Morgan fingerprint density at radius 3 is 2.83 bits per heavy atom. The monoisotopic (exact) mass is 316 g/mol. The maximum Gasteiger partial charge on any atom is 0.340 e. The van der Waals surface area contributed by atoms with E-state index < -0.39 is 24.5 Å². The van der Waals surface area contributed by atoms with Crippen LogP contribution in [0, 0.1) is 0 Å². The summed E-state index contributed by atoms with van der Waals surface area (Å²) in [5, 5.41) is 13.2. The maximum absolute atomic E-state index is 12.2. The molecule has 1 aliphatic rings. The molecule has 2 aromatic rings. The Balaban J connectivity index is 1.70. The smallest absolute Gasteiger partial charge is 0.340 e. The third-order valence-electron chi connectivity index (χ3n) is 3.20. The van der Waals surface area contributed by atoms with Gasteiger partial charge in [0.05, 0.1) is 11.3 Å². The second-order valence-electron chi connectivity index (χ2n) is 4.62. The number of carbonyl (C=O) groups excluding carboxylic acids is 3. The number of rotatable bonds is 4. The number of aromatic nitrogens is 4. The van der Waals surface area contributed by atoms with E-state index in [0.717, 1.165) is 4.90 Å². The minimum absolute atomic E-state index is 0.207. The van der Waals surface area contributed by atoms with E-state index in [2.05, 4.69) is 20.8 Å². The molecule has 0 spiro atoms. The van der Waals surface area contributed by atoms with Crippen LogP contribution in [0.1, 0.15) is 10.4 Å². The molecule has 0 aliphatic carbocycles. The topological polar surface area (TPSA) is 119 Å². The number of hydrogen-bond donors (Lipinski definition) is 1. The predicted octanol–water partition coefficient (Wildman–Crippen LogP) is -0.629. The molecule has 23 heavy (non-hydrogen) atoms. The third-order valence-corrected chi connectivity index (χ3v) is 3.20. The van der Waals surface area contributed by atoms with Crippen molar-refractivity contribution in [2.75, 3.05) is 19.7 Å². The van der Waals surface area contributed by atoms with E-state index in [0.29, 0.717) is 12.2 Å². The molecule has 0 saturated carbocycles. The lowest BCUT2D eigenvalue weighted by Crippen LogP contribution is -2.37. The van der Waals surface area contributed by atoms with E-state index in [4.69, 9.17) is 4.74 Å². The van der Waals surface area contributed by atoms with Crippen molar-refractivity contribution in [3.8, 4) is 5.69 Å². The number of imide groups is 1. The summed E-state index contributed by atoms with van der Waals surface area (Å²) in [6, 6.07) is 6.06. The quantitative estimate of drug-likeness (QED) is 0.746. The van der Waals surface area contributed by atoms with Gasteiger partial charge in [-0.15, -0.1) is 5.10 Å². The van der Waals surface area contributed by atoms with Crippen molar-refractivity contribution in [1.82, 2.24) is 30.4 Å². The molecule has 3 rings (SSSR count). The first kappa shape index (κ1) is 14.6. The lowest BCUT2D eigenvalue weighted by Gasteiger charge is -2.13. The number of para-hydroxylation sites is 1. The molecule has 1 aromatic heterocycles. The molecule has 10 nitrogen and oxygen atoms in total. The van der Waals surface area contributed by atoms with Crippen molar-refractivity contribution < 1.29 is 19.1 Å². The molecular weight excluding hydrogens is 304 g/mol. The molecule has 0 atom stereocenters. The van der Waals surface area contributed by atoms with E-state index >= 15 is 0 Å². The van der Waals surface area contributed by atoms with Gasteiger partial charge in [0.2, 0.25) is 0 Å². The van der Waals surface area contributed by atoms with Gasteiger partial charge in [-0.05, 0) is 22.6 Å². The van der Waals surface area contributed by atoms with Crippen LogP contribution in [-0.4, -0.2) is 62.7 Å². The molecule has 1 aromatic carbocycles. The van der Waals surface area contributed by atoms with Gasteiger partial charge in [-0.2, -0.15) is 4.68 Å². The van der Waals surface area contributed by atoms with Crippen molar-refractivity contribution in [1.29, 1.82) is 0 Å². The van der Waals surface area contributed by atoms with Crippen LogP contribution in [0.2, 0.25) is 0 Å². The van der Waals surface area contributed by atoms with Crippen molar-refractivity contribution in [3.05, 3.63) is 36.2 Å². The van der Waals surface area contributed by atoms with Crippen LogP contribution in [0.25, 0.3) is 5.69 Å². The lowest BCUT2D eigenvalue weighted by atomic mass is 10.2. The maximum atomic E-state index is 12.2. The van der Waals surface area contributed by atoms with Gasteiger partial charge in [-0.3, -0.25) is 9.69 Å². The highest BCUT2D eigenvalue weighted by Gasteiger charge is 2.27. The largest absolute Gasteiger partial charge is 0.452 e. The number of hydrogen-bond acceptors (Lipinski definition) is 7. The molecule has 1 saturated heterocycles. The van der Waals surface area contributed by atoms with E-state index in [1.807, 2.05) is 0 Å². The van der Waals surface area contributed by atoms with Crippen molar-refractivity contribution in [2.45, 2.75) is 0 Å². The van der Waals surface area contributed by atoms with Gasteiger partial charge in [-0.1, -0.05) is 12.1 Å². The number of tetrazole rings is 1. The van der Waals surface area contributed by atoms with Gasteiger partial charge >= 0.3 is 12.0 Å². The zero-order valence-corrected chi connectivity index (χ0v) is 11.9. The summed E-state index contributed by atoms with van der Waals surface area (Å²) >= 11 is 0. The first-order chi connectivity index (χ1) is 11.2. The van der Waals surface area contributed by atoms with Crippen LogP contribution in [0.3, 0.4) is 0 Å². The number of esters is 1. The SMILES string of the molecule is O=C(OCC(=O)N1CCNC1=O)c1ccccc1-n1cnnn1. The van der Waals surface area contributed by atoms with Crippen molar-refractivity contribution >= 4 is 17.9 Å². The van der Waals surface area contributed by atoms with Crippen LogP contribution in [0.15, 0.2) is 30.6 Å². The van der Waals surface area contributed by atoms with Gasteiger partial charge in [0, 0.05) is 13.1 Å². The highest BCUT2D eigenvalue weighted by atomic mass is 16.5. The number of nitrogens with zero attached hydrogens (tertiary/aromatic N) is 5. The number of carbonyl (C=O) groups is 3. The molecule has 3 amide bonds. The zero-order chi connectivity index (χ0) is 16.2. The van der Waals surface area contributed by atoms with Gasteiger partial charge < -0.3 is 10.1 Å². The van der Waals surface area contributed by atoms with Crippen molar-refractivity contribution in [2.24, 2.45) is 0 Å². The Labute approximate surface area is 130 Å². The Bertz CT molecular complexity index is 745. The lowest BCUT2D eigenvalue weighted by molar-refractivity contribution is -0.130. The molecule has 0 unspecified atom stereocenters. The van der Waals surface area contributed by atoms with Gasteiger partial charge in [0.1, 0.15) is 6.33 Å². The average Bonchev–Trinajstić information content (AvgIpc) is 3.23. The highest BCUT2D eigenvalue weighted by molar-refractivity contribution is 5.99. The predicted molar refractivity (Wildman–Crippen MR) is 74.5 cm³/mol. The van der Waals surface area contributed by atoms with Crippen LogP contribution < -0.4 is 5.32 Å². The summed E-state index contributed by atoms with van der Waals surface area (Å²) in [6.07, 6.45) is 1.34. The average molecular weight is 316 g/mol. The second kappa shape index (κ2) is 6.22. The minimum Gasteiger partial charge on any atom is -0.452 e. The number of urea groups is 1. The Hall–Kier alpha value is -3.30. The van der Waals surface area contributed by atoms with Crippen LogP contribution >= 0.6 is 0 Å². The van der Waals surface area contributed by atoms with Crippen LogP contribution in [-0.2, 0) is 9.53 Å². The van der Waals surface area contributed by atoms with Gasteiger partial charge in [-0.25, -0.2) is 9.59 Å². The van der Waals surface area contributed by atoms with E-state index in [1.165, 1.54) is 17.1 Å². The van der Waals surface area contributed by atoms with E-state index in [1.54, 1.807) is 18.2 Å². The molecule has 1 N–H and O–H groups in total. The summed E-state index contributed by atoms with van der Waals surface area (Å²) in [7, 11) is 0. The summed E-state index contributed by atoms with van der Waals surface area (Å²) in [5.74, 6) is -1.28. The molecule has 1 aliphatic heterocycles. The van der Waals surface area contributed by atoms with E-state index in [9.17, 15) is 14.4 Å². The Morgan fingerprint density at radius 1 is 1.30 bits per heavy atom. The molecule has 1 fully saturated rings.